The number of aryl methyl sites for hydroxylation is 1. The average molecular weight is 299 g/mol. The Morgan fingerprint density at radius 3 is 2.39 bits per heavy atom. The van der Waals surface area contributed by atoms with Crippen molar-refractivity contribution in [3.63, 3.8) is 0 Å². The lowest BCUT2D eigenvalue weighted by Crippen LogP contribution is -1.91. The molecule has 0 bridgehead atoms. The molecule has 0 amide bonds. The van der Waals surface area contributed by atoms with Gasteiger partial charge >= 0.3 is 0 Å². The summed E-state index contributed by atoms with van der Waals surface area (Å²) in [5.74, 6) is 7.07. The third kappa shape index (κ3) is 3.59. The van der Waals surface area contributed by atoms with Gasteiger partial charge < -0.3 is 4.74 Å². The van der Waals surface area contributed by atoms with Gasteiger partial charge in [0.2, 0.25) is 5.88 Å². The normalized spacial score (nSPS) is 9.83. The monoisotopic (exact) mass is 299 g/mol. The summed E-state index contributed by atoms with van der Waals surface area (Å²) >= 11 is 0. The Morgan fingerprint density at radius 1 is 0.826 bits per heavy atom. The van der Waals surface area contributed by atoms with Crippen molar-refractivity contribution < 1.29 is 4.74 Å². The molecule has 2 heteroatoms. The second-order valence-corrected chi connectivity index (χ2v) is 5.23. The summed E-state index contributed by atoms with van der Waals surface area (Å²) in [6, 6.07) is 22.0. The van der Waals surface area contributed by atoms with Crippen molar-refractivity contribution in [2.24, 2.45) is 0 Å². The molecule has 0 N–H and O–H groups in total. The molecule has 0 saturated heterocycles. The minimum atomic E-state index is 0.601. The Morgan fingerprint density at radius 2 is 1.61 bits per heavy atom. The van der Waals surface area contributed by atoms with E-state index in [9.17, 15) is 0 Å². The number of ether oxygens (including phenoxy) is 1. The van der Waals surface area contributed by atoms with Crippen LogP contribution in [0.3, 0.4) is 0 Å². The number of aromatic nitrogens is 1. The van der Waals surface area contributed by atoms with E-state index in [1.54, 1.807) is 7.11 Å². The SMILES string of the molecule is COc1cccc(-c2ccccc2C#Cc2ccc(C)cc2)n1. The van der Waals surface area contributed by atoms with Gasteiger partial charge in [0.1, 0.15) is 0 Å². The molecule has 2 aromatic carbocycles. The molecule has 3 aromatic rings. The van der Waals surface area contributed by atoms with Crippen LogP contribution in [0.25, 0.3) is 11.3 Å². The zero-order valence-corrected chi connectivity index (χ0v) is 13.2. The van der Waals surface area contributed by atoms with Gasteiger partial charge in [-0.3, -0.25) is 0 Å². The number of benzene rings is 2. The van der Waals surface area contributed by atoms with Crippen LogP contribution in [0.2, 0.25) is 0 Å². The average Bonchev–Trinajstić information content (AvgIpc) is 2.61. The van der Waals surface area contributed by atoms with Crippen LogP contribution in [0.5, 0.6) is 5.88 Å². The topological polar surface area (TPSA) is 22.1 Å². The molecule has 2 nitrogen and oxygen atoms in total. The van der Waals surface area contributed by atoms with Crippen LogP contribution in [0.4, 0.5) is 0 Å². The molecular formula is C21H17NO. The van der Waals surface area contributed by atoms with Gasteiger partial charge in [0, 0.05) is 22.8 Å². The number of methoxy groups -OCH3 is 1. The smallest absolute Gasteiger partial charge is 0.213 e. The Kier molecular flexibility index (Phi) is 4.40. The van der Waals surface area contributed by atoms with E-state index >= 15 is 0 Å². The van der Waals surface area contributed by atoms with Gasteiger partial charge in [-0.1, -0.05) is 53.8 Å². The maximum Gasteiger partial charge on any atom is 0.213 e. The van der Waals surface area contributed by atoms with Crippen LogP contribution in [0.15, 0.2) is 66.7 Å². The first-order chi connectivity index (χ1) is 11.3. The van der Waals surface area contributed by atoms with Crippen LogP contribution >= 0.6 is 0 Å². The van der Waals surface area contributed by atoms with Gasteiger partial charge in [0.05, 0.1) is 12.8 Å². The third-order valence-corrected chi connectivity index (χ3v) is 3.53. The number of hydrogen-bond donors (Lipinski definition) is 0. The summed E-state index contributed by atoms with van der Waals surface area (Å²) in [6.07, 6.45) is 0. The molecule has 0 atom stereocenters. The molecule has 1 aromatic heterocycles. The molecule has 1 heterocycles. The van der Waals surface area contributed by atoms with Crippen molar-refractivity contribution in [1.82, 2.24) is 4.98 Å². The highest BCUT2D eigenvalue weighted by Crippen LogP contribution is 2.23. The number of hydrogen-bond acceptors (Lipinski definition) is 2. The van der Waals surface area contributed by atoms with E-state index in [1.807, 2.05) is 54.6 Å². The first-order valence-electron chi connectivity index (χ1n) is 7.45. The zero-order valence-electron chi connectivity index (χ0n) is 13.2. The summed E-state index contributed by atoms with van der Waals surface area (Å²) < 4.78 is 5.21. The second-order valence-electron chi connectivity index (χ2n) is 5.23. The van der Waals surface area contributed by atoms with Crippen LogP contribution in [0, 0.1) is 18.8 Å². The summed E-state index contributed by atoms with van der Waals surface area (Å²) in [7, 11) is 1.62. The minimum absolute atomic E-state index is 0.601. The maximum atomic E-state index is 5.21. The first kappa shape index (κ1) is 14.9. The van der Waals surface area contributed by atoms with E-state index in [-0.39, 0.29) is 0 Å². The van der Waals surface area contributed by atoms with Gasteiger partial charge in [-0.05, 0) is 31.2 Å². The van der Waals surface area contributed by atoms with E-state index in [2.05, 4.69) is 35.9 Å². The van der Waals surface area contributed by atoms with Crippen LogP contribution in [-0.4, -0.2) is 12.1 Å². The quantitative estimate of drug-likeness (QED) is 0.652. The predicted molar refractivity (Wildman–Crippen MR) is 93.4 cm³/mol. The second kappa shape index (κ2) is 6.81. The van der Waals surface area contributed by atoms with Crippen LogP contribution in [0.1, 0.15) is 16.7 Å². The fourth-order valence-electron chi connectivity index (χ4n) is 2.27. The Hall–Kier alpha value is -3.05. The molecule has 3 rings (SSSR count). The first-order valence-corrected chi connectivity index (χ1v) is 7.45. The Balaban J connectivity index is 2.00. The van der Waals surface area contributed by atoms with Crippen molar-refractivity contribution in [3.05, 3.63) is 83.4 Å². The molecule has 0 aliphatic rings. The van der Waals surface area contributed by atoms with E-state index in [4.69, 9.17) is 4.74 Å². The maximum absolute atomic E-state index is 5.21. The third-order valence-electron chi connectivity index (χ3n) is 3.53. The molecular weight excluding hydrogens is 282 g/mol. The van der Waals surface area contributed by atoms with Crippen molar-refractivity contribution in [2.45, 2.75) is 6.92 Å². The molecule has 0 spiro atoms. The fourth-order valence-corrected chi connectivity index (χ4v) is 2.27. The number of pyridine rings is 1. The molecule has 23 heavy (non-hydrogen) atoms. The van der Waals surface area contributed by atoms with Gasteiger partial charge in [-0.25, -0.2) is 4.98 Å². The molecule has 0 aliphatic heterocycles. The Bertz CT molecular complexity index is 870. The molecule has 0 saturated carbocycles. The molecule has 0 radical (unpaired) electrons. The lowest BCUT2D eigenvalue weighted by atomic mass is 10.0. The molecule has 0 aliphatic carbocycles. The van der Waals surface area contributed by atoms with Gasteiger partial charge in [0.25, 0.3) is 0 Å². The zero-order chi connectivity index (χ0) is 16.1. The highest BCUT2D eigenvalue weighted by Gasteiger charge is 2.05. The van der Waals surface area contributed by atoms with Gasteiger partial charge in [-0.15, -0.1) is 0 Å². The van der Waals surface area contributed by atoms with Crippen molar-refractivity contribution in [3.8, 4) is 29.0 Å². The van der Waals surface area contributed by atoms with E-state index in [0.29, 0.717) is 5.88 Å². The van der Waals surface area contributed by atoms with Gasteiger partial charge in [-0.2, -0.15) is 0 Å². The number of rotatable bonds is 2. The summed E-state index contributed by atoms with van der Waals surface area (Å²) in [5.41, 5.74) is 5.05. The Labute approximate surface area is 136 Å². The van der Waals surface area contributed by atoms with E-state index < -0.39 is 0 Å². The number of nitrogens with zero attached hydrogens (tertiary/aromatic N) is 1. The summed E-state index contributed by atoms with van der Waals surface area (Å²) in [6.45, 7) is 2.07. The fraction of sp³-hybridized carbons (Fsp3) is 0.0952. The highest BCUT2D eigenvalue weighted by molar-refractivity contribution is 5.69. The standard InChI is InChI=1S/C21H17NO/c1-16-10-12-17(13-11-16)14-15-18-6-3-4-7-19(18)20-8-5-9-21(22-20)23-2/h3-13H,1-2H3. The predicted octanol–water partition coefficient (Wildman–Crippen LogP) is 4.47. The summed E-state index contributed by atoms with van der Waals surface area (Å²) in [5, 5.41) is 0. The van der Waals surface area contributed by atoms with Crippen molar-refractivity contribution >= 4 is 0 Å². The van der Waals surface area contributed by atoms with E-state index in [0.717, 1.165) is 22.4 Å². The largest absolute Gasteiger partial charge is 0.481 e. The van der Waals surface area contributed by atoms with Gasteiger partial charge in [0.15, 0.2) is 0 Å². The molecule has 0 fully saturated rings. The summed E-state index contributed by atoms with van der Waals surface area (Å²) in [4.78, 5) is 4.50. The lowest BCUT2D eigenvalue weighted by Gasteiger charge is -2.05. The van der Waals surface area contributed by atoms with Crippen molar-refractivity contribution in [1.29, 1.82) is 0 Å². The highest BCUT2D eigenvalue weighted by atomic mass is 16.5. The molecule has 0 unspecified atom stereocenters. The molecule has 112 valence electrons. The van der Waals surface area contributed by atoms with Crippen LogP contribution < -0.4 is 4.74 Å². The van der Waals surface area contributed by atoms with Crippen LogP contribution in [-0.2, 0) is 0 Å². The minimum Gasteiger partial charge on any atom is -0.481 e. The van der Waals surface area contributed by atoms with Crippen molar-refractivity contribution in [2.75, 3.05) is 7.11 Å². The van der Waals surface area contributed by atoms with E-state index in [1.165, 1.54) is 5.56 Å². The lowest BCUT2D eigenvalue weighted by molar-refractivity contribution is 0.398.